The van der Waals surface area contributed by atoms with E-state index >= 15 is 0 Å². The van der Waals surface area contributed by atoms with Crippen molar-refractivity contribution in [1.29, 1.82) is 5.26 Å². The van der Waals surface area contributed by atoms with Gasteiger partial charge < -0.3 is 10.3 Å². The van der Waals surface area contributed by atoms with E-state index in [0.29, 0.717) is 28.8 Å². The molecule has 0 amide bonds. The zero-order valence-electron chi connectivity index (χ0n) is 19.6. The molecule has 37 heavy (non-hydrogen) atoms. The van der Waals surface area contributed by atoms with Crippen LogP contribution in [0.1, 0.15) is 37.3 Å². The molecule has 8 nitrogen and oxygen atoms in total. The molecular weight excluding hydrogens is 492 g/mol. The standard InChI is InChI=1S/C20H18FN3O.C5H4F3N3O/c1-2-3-4-8-24-9-7-15-10-16(11-17(21)19(15)20(24)25)18-6-5-14(12-22)13-23-18;6-5(7,8)3-2(9)1-10-11-4(3)12/h5-7,9-11,13H,2-4,8H2,1H3;1H,(H3,9,11,12). The number of nitrogen functional groups attached to an aromatic ring is 1. The number of nitrogens with two attached hydrogens (primary N) is 1. The average molecular weight is 514 g/mol. The second-order valence-corrected chi connectivity index (χ2v) is 8.01. The molecule has 0 unspecified atom stereocenters. The SMILES string of the molecule is CCCCCn1ccc2cc(-c3ccc(C#N)cn3)cc(F)c2c1=O.Nc1cn[nH]c(=O)c1C(F)(F)F. The smallest absolute Gasteiger partial charge is 0.397 e. The number of aryl methyl sites for hydroxylation is 1. The van der Waals surface area contributed by atoms with Gasteiger partial charge in [-0.1, -0.05) is 19.8 Å². The highest BCUT2D eigenvalue weighted by Crippen LogP contribution is 2.29. The number of hydrogen-bond donors (Lipinski definition) is 2. The number of fused-ring (bicyclic) bond motifs is 1. The Balaban J connectivity index is 0.000000266. The Hall–Kier alpha value is -4.53. The van der Waals surface area contributed by atoms with Gasteiger partial charge >= 0.3 is 6.18 Å². The molecule has 0 aliphatic carbocycles. The molecule has 3 heterocycles. The molecule has 0 aliphatic rings. The average Bonchev–Trinajstić information content (AvgIpc) is 2.85. The van der Waals surface area contributed by atoms with Crippen molar-refractivity contribution in [3.05, 3.63) is 86.6 Å². The molecule has 4 aromatic rings. The first-order valence-corrected chi connectivity index (χ1v) is 11.2. The summed E-state index contributed by atoms with van der Waals surface area (Å²) in [5.74, 6) is -0.548. The summed E-state index contributed by atoms with van der Waals surface area (Å²) in [7, 11) is 0. The first-order chi connectivity index (χ1) is 17.6. The number of hydrogen-bond acceptors (Lipinski definition) is 6. The number of anilines is 1. The Kier molecular flexibility index (Phi) is 8.39. The van der Waals surface area contributed by atoms with E-state index in [9.17, 15) is 27.2 Å². The van der Waals surface area contributed by atoms with Crippen LogP contribution in [0.3, 0.4) is 0 Å². The van der Waals surface area contributed by atoms with Crippen molar-refractivity contribution in [3.8, 4) is 17.3 Å². The van der Waals surface area contributed by atoms with Crippen molar-refractivity contribution < 1.29 is 17.6 Å². The minimum atomic E-state index is -4.74. The molecule has 3 aromatic heterocycles. The summed E-state index contributed by atoms with van der Waals surface area (Å²) < 4.78 is 52.1. The second kappa shape index (κ2) is 11.5. The quantitative estimate of drug-likeness (QED) is 0.295. The Morgan fingerprint density at radius 2 is 1.89 bits per heavy atom. The van der Waals surface area contributed by atoms with Crippen LogP contribution in [0.25, 0.3) is 22.0 Å². The lowest BCUT2D eigenvalue weighted by Gasteiger charge is -2.09. The first kappa shape index (κ1) is 27.1. The van der Waals surface area contributed by atoms with Gasteiger partial charge in [0.05, 0.1) is 28.5 Å². The van der Waals surface area contributed by atoms with Crippen LogP contribution in [-0.2, 0) is 12.7 Å². The number of H-pyrrole nitrogens is 1. The molecule has 0 fully saturated rings. The fourth-order valence-electron chi connectivity index (χ4n) is 3.56. The Morgan fingerprint density at radius 1 is 1.14 bits per heavy atom. The molecule has 0 saturated carbocycles. The second-order valence-electron chi connectivity index (χ2n) is 8.01. The van der Waals surface area contributed by atoms with E-state index in [1.807, 2.05) is 6.07 Å². The number of aromatic nitrogens is 4. The highest BCUT2D eigenvalue weighted by molar-refractivity contribution is 5.86. The Labute approximate surface area is 208 Å². The molecule has 0 saturated heterocycles. The summed E-state index contributed by atoms with van der Waals surface area (Å²) in [6, 6.07) is 10.2. The highest BCUT2D eigenvalue weighted by Gasteiger charge is 2.36. The number of benzene rings is 1. The van der Waals surface area contributed by atoms with Gasteiger partial charge in [-0.2, -0.15) is 23.5 Å². The van der Waals surface area contributed by atoms with Gasteiger partial charge in [0, 0.05) is 24.5 Å². The van der Waals surface area contributed by atoms with Gasteiger partial charge in [0.1, 0.15) is 17.4 Å². The van der Waals surface area contributed by atoms with Gasteiger partial charge in [0.25, 0.3) is 11.1 Å². The number of halogens is 4. The van der Waals surface area contributed by atoms with Crippen LogP contribution in [-0.4, -0.2) is 19.7 Å². The third-order valence-corrected chi connectivity index (χ3v) is 5.39. The molecule has 0 atom stereocenters. The maximum atomic E-state index is 14.6. The van der Waals surface area contributed by atoms with E-state index in [1.54, 1.807) is 40.1 Å². The maximum absolute atomic E-state index is 14.6. The summed E-state index contributed by atoms with van der Waals surface area (Å²) in [6.07, 6.45) is 2.18. The number of nitrogens with zero attached hydrogens (tertiary/aromatic N) is 4. The van der Waals surface area contributed by atoms with Crippen LogP contribution in [0.4, 0.5) is 23.2 Å². The van der Waals surface area contributed by atoms with Crippen molar-refractivity contribution in [3.63, 3.8) is 0 Å². The molecule has 0 spiro atoms. The summed E-state index contributed by atoms with van der Waals surface area (Å²) >= 11 is 0. The molecule has 12 heteroatoms. The summed E-state index contributed by atoms with van der Waals surface area (Å²) in [5.41, 5.74) is 2.78. The van der Waals surface area contributed by atoms with E-state index in [1.165, 1.54) is 12.3 Å². The fourth-order valence-corrected chi connectivity index (χ4v) is 3.56. The van der Waals surface area contributed by atoms with Gasteiger partial charge in [0.15, 0.2) is 0 Å². The lowest BCUT2D eigenvalue weighted by Crippen LogP contribution is -2.24. The number of pyridine rings is 2. The molecule has 0 bridgehead atoms. The van der Waals surface area contributed by atoms with Gasteiger partial charge in [-0.3, -0.25) is 14.6 Å². The summed E-state index contributed by atoms with van der Waals surface area (Å²) in [5, 5.41) is 14.2. The number of alkyl halides is 3. The zero-order chi connectivity index (χ0) is 27.2. The van der Waals surface area contributed by atoms with Crippen LogP contribution in [0.5, 0.6) is 0 Å². The summed E-state index contributed by atoms with van der Waals surface area (Å²) in [4.78, 5) is 27.3. The van der Waals surface area contributed by atoms with Gasteiger partial charge in [0.2, 0.25) is 0 Å². The fraction of sp³-hybridized carbons (Fsp3) is 0.240. The van der Waals surface area contributed by atoms with Crippen molar-refractivity contribution in [2.75, 3.05) is 5.73 Å². The molecule has 0 radical (unpaired) electrons. The lowest BCUT2D eigenvalue weighted by atomic mass is 10.0. The molecule has 4 rings (SSSR count). The Bertz CT molecular complexity index is 1550. The van der Waals surface area contributed by atoms with Crippen molar-refractivity contribution in [2.45, 2.75) is 38.9 Å². The van der Waals surface area contributed by atoms with Gasteiger partial charge in [-0.25, -0.2) is 9.49 Å². The summed E-state index contributed by atoms with van der Waals surface area (Å²) in [6.45, 7) is 2.70. The van der Waals surface area contributed by atoms with Crippen LogP contribution in [0, 0.1) is 17.1 Å². The van der Waals surface area contributed by atoms with Gasteiger partial charge in [-0.15, -0.1) is 0 Å². The maximum Gasteiger partial charge on any atom is 0.423 e. The predicted octanol–water partition coefficient (Wildman–Crippen LogP) is 4.64. The van der Waals surface area contributed by atoms with Crippen molar-refractivity contribution in [2.24, 2.45) is 0 Å². The van der Waals surface area contributed by atoms with Gasteiger partial charge in [-0.05, 0) is 42.1 Å². The molecule has 3 N–H and O–H groups in total. The third kappa shape index (κ3) is 6.38. The molecular formula is C25H22F4N6O2. The van der Waals surface area contributed by atoms with Crippen LogP contribution < -0.4 is 16.9 Å². The van der Waals surface area contributed by atoms with Crippen LogP contribution in [0.2, 0.25) is 0 Å². The lowest BCUT2D eigenvalue weighted by molar-refractivity contribution is -0.138. The first-order valence-electron chi connectivity index (χ1n) is 11.2. The number of unbranched alkanes of at least 4 members (excludes halogenated alkanes) is 2. The molecule has 1 aromatic carbocycles. The van der Waals surface area contributed by atoms with E-state index < -0.39 is 28.8 Å². The monoisotopic (exact) mass is 514 g/mol. The Morgan fingerprint density at radius 3 is 2.46 bits per heavy atom. The number of nitriles is 1. The number of nitrogens with one attached hydrogen (secondary N) is 1. The largest absolute Gasteiger partial charge is 0.423 e. The van der Waals surface area contributed by atoms with E-state index in [2.05, 4.69) is 17.0 Å². The number of rotatable bonds is 5. The van der Waals surface area contributed by atoms with Crippen LogP contribution >= 0.6 is 0 Å². The molecule has 0 aliphatic heterocycles. The topological polar surface area (TPSA) is 130 Å². The normalized spacial score (nSPS) is 11.0. The van der Waals surface area contributed by atoms with Crippen LogP contribution in [0.15, 0.2) is 58.5 Å². The van der Waals surface area contributed by atoms with E-state index in [-0.39, 0.29) is 10.9 Å². The minimum Gasteiger partial charge on any atom is -0.397 e. The molecule has 192 valence electrons. The number of aromatic amines is 1. The highest BCUT2D eigenvalue weighted by atomic mass is 19.4. The van der Waals surface area contributed by atoms with E-state index in [4.69, 9.17) is 11.0 Å². The minimum absolute atomic E-state index is 0.108. The van der Waals surface area contributed by atoms with Crippen molar-refractivity contribution in [1.82, 2.24) is 19.7 Å². The third-order valence-electron chi connectivity index (χ3n) is 5.39. The zero-order valence-corrected chi connectivity index (χ0v) is 19.6. The van der Waals surface area contributed by atoms with Crippen molar-refractivity contribution >= 4 is 16.5 Å². The van der Waals surface area contributed by atoms with E-state index in [0.717, 1.165) is 25.5 Å². The predicted molar refractivity (Wildman–Crippen MR) is 130 cm³/mol.